The number of nitrogens with zero attached hydrogens (tertiary/aromatic N) is 3. The van der Waals surface area contributed by atoms with Crippen molar-refractivity contribution >= 4 is 34.6 Å². The van der Waals surface area contributed by atoms with E-state index in [0.29, 0.717) is 42.6 Å². The minimum absolute atomic E-state index is 0.0334. The van der Waals surface area contributed by atoms with E-state index in [1.165, 1.54) is 24.0 Å². The average Bonchev–Trinajstić information content (AvgIpc) is 3.36. The number of allylic oxidation sites excluding steroid dienone is 1. The maximum atomic E-state index is 12.9. The molecule has 0 radical (unpaired) electrons. The molecule has 1 N–H and O–H groups in total. The Morgan fingerprint density at radius 2 is 1.82 bits per heavy atom. The highest BCUT2D eigenvalue weighted by Crippen LogP contribution is 2.44. The van der Waals surface area contributed by atoms with Gasteiger partial charge in [-0.15, -0.1) is 0 Å². The number of halogens is 1. The van der Waals surface area contributed by atoms with Gasteiger partial charge in [0, 0.05) is 90.3 Å². The van der Waals surface area contributed by atoms with Gasteiger partial charge >= 0.3 is 0 Å². The molecule has 2 saturated heterocycles. The number of aldehydes is 1. The van der Waals surface area contributed by atoms with Crippen LogP contribution in [0.1, 0.15) is 73.4 Å². The van der Waals surface area contributed by atoms with Gasteiger partial charge in [0.2, 0.25) is 0 Å². The summed E-state index contributed by atoms with van der Waals surface area (Å²) < 4.78 is 37.6. The summed E-state index contributed by atoms with van der Waals surface area (Å²) in [6.07, 6.45) is 11.9. The van der Waals surface area contributed by atoms with E-state index in [9.17, 15) is 9.00 Å². The van der Waals surface area contributed by atoms with Crippen LogP contribution in [0.2, 0.25) is 5.02 Å². The second kappa shape index (κ2) is 23.4. The lowest BCUT2D eigenvalue weighted by atomic mass is 9.66. The molecule has 6 rings (SSSR count). The first-order valence-electron chi connectivity index (χ1n) is 21.2. The Morgan fingerprint density at radius 1 is 1.05 bits per heavy atom. The summed E-state index contributed by atoms with van der Waals surface area (Å²) in [6.45, 7) is 14.5. The topological polar surface area (TPSA) is 92.8 Å². The van der Waals surface area contributed by atoms with Crippen molar-refractivity contribution in [1.29, 1.82) is 0 Å². The monoisotopic (exact) mass is 828 g/mol. The van der Waals surface area contributed by atoms with Crippen LogP contribution in [-0.2, 0) is 31.6 Å². The second-order valence-electron chi connectivity index (χ2n) is 16.4. The third-order valence-corrected chi connectivity index (χ3v) is 14.4. The number of methoxy groups -OCH3 is 2. The molecule has 1 saturated carbocycles. The third-order valence-electron chi connectivity index (χ3n) is 12.5. The number of ether oxygens (including phenoxy) is 4. The molecule has 0 aromatic heterocycles. The molecule has 0 spiro atoms. The number of hydrogen-bond donors (Lipinski definition) is 1. The van der Waals surface area contributed by atoms with Crippen LogP contribution in [0.3, 0.4) is 0 Å². The van der Waals surface area contributed by atoms with Crippen LogP contribution in [0.4, 0.5) is 5.69 Å². The van der Waals surface area contributed by atoms with Crippen LogP contribution in [0.25, 0.3) is 0 Å². The number of aryl methyl sites for hydroxylation is 1. The Morgan fingerprint density at radius 3 is 2.46 bits per heavy atom. The first-order chi connectivity index (χ1) is 27.7. The zero-order valence-corrected chi connectivity index (χ0v) is 36.9. The van der Waals surface area contributed by atoms with Crippen molar-refractivity contribution in [2.75, 3.05) is 106 Å². The van der Waals surface area contributed by atoms with Gasteiger partial charge < -0.3 is 28.7 Å². The van der Waals surface area contributed by atoms with Crippen LogP contribution in [0, 0.1) is 23.7 Å². The molecule has 7 atom stereocenters. The van der Waals surface area contributed by atoms with E-state index in [1.807, 2.05) is 24.3 Å². The molecule has 7 unspecified atom stereocenters. The number of carbonyl (C=O) groups is 1. The van der Waals surface area contributed by atoms with Crippen molar-refractivity contribution < 1.29 is 28.0 Å². The molecule has 0 amide bonds. The van der Waals surface area contributed by atoms with E-state index in [1.54, 1.807) is 28.4 Å². The molecule has 12 heteroatoms. The van der Waals surface area contributed by atoms with Crippen LogP contribution in [0.15, 0.2) is 48.6 Å². The summed E-state index contributed by atoms with van der Waals surface area (Å²) in [4.78, 5) is 19.8. The number of rotatable bonds is 19. The molecule has 3 aliphatic heterocycles. The fourth-order valence-corrected chi connectivity index (χ4v) is 10.4. The Kier molecular flexibility index (Phi) is 18.8. The molecule has 3 heterocycles. The standard InChI is InChI=1S/C43H63ClN4O5S.C2H6O/c1-5-7-33-23-37(44)12-14-39(33)36-26-48(41-22-32(27-49)10-15-42(41)53-28-36)25-35-11-13-40(35)34(24-46-17-19-47(20-18-46)38-29-52-30-38)9-6-8-31(2)43(16-21-51-4)54(50)45-3;1-3-2/h6,9-10,12,14-15,22-23,27,31,34-36,38,40,43,45H,5,7-8,11,13,16-21,24-26,28-30H2,1-4H3;1-2H3/b9-6+;. The molecule has 57 heavy (non-hydrogen) atoms. The van der Waals surface area contributed by atoms with Crippen LogP contribution in [0.5, 0.6) is 5.75 Å². The quantitative estimate of drug-likeness (QED) is 0.120. The van der Waals surface area contributed by atoms with Crippen LogP contribution in [-0.4, -0.2) is 132 Å². The predicted octanol–water partition coefficient (Wildman–Crippen LogP) is 6.88. The molecule has 1 aliphatic carbocycles. The molecule has 318 valence electrons. The minimum Gasteiger partial charge on any atom is -0.491 e. The van der Waals surface area contributed by atoms with Gasteiger partial charge in [0.1, 0.15) is 12.0 Å². The molecule has 2 aromatic rings. The van der Waals surface area contributed by atoms with Crippen molar-refractivity contribution in [1.82, 2.24) is 14.5 Å². The Bertz CT molecular complexity index is 1590. The van der Waals surface area contributed by atoms with Gasteiger partial charge in [0.15, 0.2) is 0 Å². The predicted molar refractivity (Wildman–Crippen MR) is 233 cm³/mol. The first kappa shape index (κ1) is 45.7. The lowest BCUT2D eigenvalue weighted by molar-refractivity contribution is -0.0782. The van der Waals surface area contributed by atoms with Gasteiger partial charge in [-0.2, -0.15) is 0 Å². The maximum absolute atomic E-state index is 12.9. The number of anilines is 1. The van der Waals surface area contributed by atoms with E-state index in [-0.39, 0.29) is 17.1 Å². The zero-order chi connectivity index (χ0) is 40.7. The molecule has 2 aromatic carbocycles. The SMILES string of the molecule is CCCc1cc(Cl)ccc1C1COc2ccc(C=O)cc2N(CC2CCC2C(/C=C/CC(C)C(CCOC)S(=O)NC)CN2CCN(C3COC3)CC2)C1.COC. The minimum atomic E-state index is -1.10. The fraction of sp³-hybridized carbons (Fsp3) is 0.667. The van der Waals surface area contributed by atoms with Gasteiger partial charge in [0.05, 0.1) is 47.8 Å². The highest BCUT2D eigenvalue weighted by Gasteiger charge is 2.40. The van der Waals surface area contributed by atoms with Gasteiger partial charge in [-0.25, -0.2) is 8.93 Å². The maximum Gasteiger partial charge on any atom is 0.150 e. The van der Waals surface area contributed by atoms with E-state index >= 15 is 0 Å². The van der Waals surface area contributed by atoms with Crippen molar-refractivity contribution in [3.8, 4) is 5.75 Å². The van der Waals surface area contributed by atoms with Gasteiger partial charge in [-0.3, -0.25) is 9.69 Å². The van der Waals surface area contributed by atoms with Gasteiger partial charge in [-0.1, -0.05) is 50.1 Å². The Hall–Kier alpha value is -2.35. The summed E-state index contributed by atoms with van der Waals surface area (Å²) in [6, 6.07) is 12.8. The second-order valence-corrected chi connectivity index (χ2v) is 18.5. The zero-order valence-electron chi connectivity index (χ0n) is 35.3. The van der Waals surface area contributed by atoms with E-state index in [4.69, 9.17) is 25.8 Å². The van der Waals surface area contributed by atoms with Gasteiger partial charge in [0.25, 0.3) is 0 Å². The van der Waals surface area contributed by atoms with Crippen molar-refractivity contribution in [3.05, 3.63) is 70.3 Å². The lowest BCUT2D eigenvalue weighted by Gasteiger charge is -2.47. The molecule has 3 fully saturated rings. The molecule has 10 nitrogen and oxygen atoms in total. The number of benzene rings is 2. The van der Waals surface area contributed by atoms with Crippen molar-refractivity contribution in [3.63, 3.8) is 0 Å². The third kappa shape index (κ3) is 12.6. The number of nitrogens with one attached hydrogen (secondary N) is 1. The number of piperazine rings is 1. The van der Waals surface area contributed by atoms with E-state index in [2.05, 4.69) is 62.3 Å². The fourth-order valence-electron chi connectivity index (χ4n) is 9.06. The molecule has 0 bridgehead atoms. The summed E-state index contributed by atoms with van der Waals surface area (Å²) in [5, 5.41) is 0.809. The summed E-state index contributed by atoms with van der Waals surface area (Å²) in [5.74, 6) is 2.79. The highest BCUT2D eigenvalue weighted by molar-refractivity contribution is 7.83. The number of carbonyl (C=O) groups excluding carboxylic acids is 1. The van der Waals surface area contributed by atoms with Crippen LogP contribution < -0.4 is 14.4 Å². The highest BCUT2D eigenvalue weighted by atomic mass is 35.5. The lowest BCUT2D eigenvalue weighted by Crippen LogP contribution is -2.57. The molecular weight excluding hydrogens is 760 g/mol. The normalized spacial score (nSPS) is 23.8. The number of hydrogen-bond acceptors (Lipinski definition) is 9. The smallest absolute Gasteiger partial charge is 0.150 e. The summed E-state index contributed by atoms with van der Waals surface area (Å²) in [7, 11) is 5.64. The Balaban J connectivity index is 0.00000200. The summed E-state index contributed by atoms with van der Waals surface area (Å²) >= 11 is 6.50. The van der Waals surface area contributed by atoms with E-state index < -0.39 is 11.0 Å². The van der Waals surface area contributed by atoms with Crippen LogP contribution >= 0.6 is 11.6 Å². The van der Waals surface area contributed by atoms with E-state index in [0.717, 1.165) is 107 Å². The number of fused-ring (bicyclic) bond motifs is 1. The van der Waals surface area contributed by atoms with Crippen molar-refractivity contribution in [2.24, 2.45) is 23.7 Å². The molecular formula is C45H69ClN4O6S. The molecule has 4 aliphatic rings. The first-order valence-corrected chi connectivity index (χ1v) is 22.7. The summed E-state index contributed by atoms with van der Waals surface area (Å²) in [5.41, 5.74) is 4.31. The average molecular weight is 830 g/mol. The largest absolute Gasteiger partial charge is 0.491 e. The van der Waals surface area contributed by atoms with Gasteiger partial charge in [-0.05, 0) is 104 Å². The van der Waals surface area contributed by atoms with Crippen molar-refractivity contribution in [2.45, 2.75) is 69.6 Å². The Labute approximate surface area is 350 Å².